The molecule has 0 spiro atoms. The number of aryl methyl sites for hydroxylation is 1. The second-order valence-corrected chi connectivity index (χ2v) is 9.68. The lowest BCUT2D eigenvalue weighted by atomic mass is 9.93. The smallest absolute Gasteiger partial charge is 0.243 e. The Labute approximate surface area is 196 Å². The Morgan fingerprint density at radius 1 is 0.939 bits per heavy atom. The quantitative estimate of drug-likeness (QED) is 0.488. The summed E-state index contributed by atoms with van der Waals surface area (Å²) in [7, 11) is 2.18. The first kappa shape index (κ1) is 25.0. The first-order valence-corrected chi connectivity index (χ1v) is 11.9. The molecule has 1 aliphatic rings. The van der Waals surface area contributed by atoms with Crippen LogP contribution in [-0.4, -0.2) is 60.0 Å². The fourth-order valence-electron chi connectivity index (χ4n) is 3.98. The predicted molar refractivity (Wildman–Crippen MR) is 127 cm³/mol. The normalized spacial score (nSPS) is 18.6. The average Bonchev–Trinajstić information content (AvgIpc) is 3.16. The molecule has 2 aromatic carbocycles. The van der Waals surface area contributed by atoms with Crippen LogP contribution in [0.4, 0.5) is 0 Å². The lowest BCUT2D eigenvalue weighted by Crippen LogP contribution is -2.47. The summed E-state index contributed by atoms with van der Waals surface area (Å²) >= 11 is 0. The molecule has 0 fully saturated rings. The molecule has 0 saturated carbocycles. The van der Waals surface area contributed by atoms with Crippen LogP contribution in [-0.2, 0) is 24.2 Å². The zero-order valence-electron chi connectivity index (χ0n) is 19.6. The van der Waals surface area contributed by atoms with Crippen LogP contribution < -0.4 is 4.74 Å². The van der Waals surface area contributed by atoms with E-state index >= 15 is 0 Å². The molecule has 0 saturated heterocycles. The van der Waals surface area contributed by atoms with Crippen LogP contribution in [0.3, 0.4) is 0 Å². The number of hydrogen-bond donors (Lipinski definition) is 0. The standard InChI is InChI=1S/C25H31NO6S/c1-17-7-13-21(14-8-17)33(27,28)26(16-24(31-5)32-6)25-18(2)23(30-4)15-22(25)19-9-11-20(29-3)12-10-19/h7-15,22,24-25H,2,16H2,1,3-6H3/t22-,25+/m1/s1. The molecule has 178 valence electrons. The van der Waals surface area contributed by atoms with Gasteiger partial charge in [0.05, 0.1) is 31.7 Å². The lowest BCUT2D eigenvalue weighted by Gasteiger charge is -2.34. The zero-order chi connectivity index (χ0) is 24.2. The Bertz CT molecular complexity index is 1090. The summed E-state index contributed by atoms with van der Waals surface area (Å²) < 4.78 is 50.8. The lowest BCUT2D eigenvalue weighted by molar-refractivity contribution is -0.110. The predicted octanol–water partition coefficient (Wildman–Crippen LogP) is 3.87. The van der Waals surface area contributed by atoms with E-state index in [4.69, 9.17) is 18.9 Å². The highest BCUT2D eigenvalue weighted by molar-refractivity contribution is 7.89. The van der Waals surface area contributed by atoms with Crippen molar-refractivity contribution in [2.75, 3.05) is 35.0 Å². The van der Waals surface area contributed by atoms with Crippen molar-refractivity contribution in [3.05, 3.63) is 83.6 Å². The van der Waals surface area contributed by atoms with Gasteiger partial charge >= 0.3 is 0 Å². The second kappa shape index (κ2) is 10.5. The molecule has 3 rings (SSSR count). The molecular formula is C25H31NO6S. The highest BCUT2D eigenvalue weighted by Gasteiger charge is 2.44. The number of benzene rings is 2. The Morgan fingerprint density at radius 2 is 1.55 bits per heavy atom. The molecular weight excluding hydrogens is 442 g/mol. The van der Waals surface area contributed by atoms with Crippen molar-refractivity contribution < 1.29 is 27.4 Å². The maximum atomic E-state index is 13.9. The summed E-state index contributed by atoms with van der Waals surface area (Å²) in [6, 6.07) is 13.7. The van der Waals surface area contributed by atoms with Gasteiger partial charge in [-0.3, -0.25) is 0 Å². The van der Waals surface area contributed by atoms with E-state index in [0.717, 1.165) is 11.1 Å². The molecule has 0 aliphatic heterocycles. The Hall–Kier alpha value is -2.65. The van der Waals surface area contributed by atoms with Crippen molar-refractivity contribution in [1.82, 2.24) is 4.31 Å². The Morgan fingerprint density at radius 3 is 2.06 bits per heavy atom. The third kappa shape index (κ3) is 5.14. The minimum atomic E-state index is -3.94. The van der Waals surface area contributed by atoms with E-state index in [9.17, 15) is 8.42 Å². The summed E-state index contributed by atoms with van der Waals surface area (Å²) in [6.45, 7) is 6.08. The van der Waals surface area contributed by atoms with Crippen LogP contribution in [0.15, 0.2) is 77.4 Å². The summed E-state index contributed by atoms with van der Waals surface area (Å²) in [5.74, 6) is 0.940. The van der Waals surface area contributed by atoms with Gasteiger partial charge in [-0.1, -0.05) is 36.4 Å². The van der Waals surface area contributed by atoms with Crippen molar-refractivity contribution in [1.29, 1.82) is 0 Å². The number of hydrogen-bond acceptors (Lipinski definition) is 6. The van der Waals surface area contributed by atoms with Gasteiger partial charge in [-0.15, -0.1) is 0 Å². The molecule has 0 radical (unpaired) electrons. The minimum Gasteiger partial charge on any atom is -0.497 e. The van der Waals surface area contributed by atoms with Gasteiger partial charge < -0.3 is 18.9 Å². The van der Waals surface area contributed by atoms with Crippen molar-refractivity contribution in [2.45, 2.75) is 30.1 Å². The minimum absolute atomic E-state index is 0.0234. The molecule has 1 aliphatic carbocycles. The number of ether oxygens (including phenoxy) is 4. The maximum Gasteiger partial charge on any atom is 0.243 e. The van der Waals surface area contributed by atoms with Gasteiger partial charge in [0.1, 0.15) is 11.5 Å². The average molecular weight is 474 g/mol. The third-order valence-corrected chi connectivity index (χ3v) is 7.72. The van der Waals surface area contributed by atoms with E-state index in [1.807, 2.05) is 37.3 Å². The van der Waals surface area contributed by atoms with Crippen molar-refractivity contribution in [3.63, 3.8) is 0 Å². The maximum absolute atomic E-state index is 13.9. The van der Waals surface area contributed by atoms with Crippen LogP contribution in [0.2, 0.25) is 0 Å². The van der Waals surface area contributed by atoms with Crippen molar-refractivity contribution in [3.8, 4) is 5.75 Å². The van der Waals surface area contributed by atoms with E-state index in [-0.39, 0.29) is 17.4 Å². The van der Waals surface area contributed by atoms with Crippen LogP contribution in [0.25, 0.3) is 0 Å². The molecule has 0 unspecified atom stereocenters. The number of sulfonamides is 1. The van der Waals surface area contributed by atoms with Gasteiger partial charge in [0, 0.05) is 25.7 Å². The van der Waals surface area contributed by atoms with Gasteiger partial charge in [-0.2, -0.15) is 4.31 Å². The van der Waals surface area contributed by atoms with E-state index in [0.29, 0.717) is 17.1 Å². The van der Waals surface area contributed by atoms with E-state index in [1.54, 1.807) is 38.5 Å². The van der Waals surface area contributed by atoms with Gasteiger partial charge in [-0.05, 0) is 42.8 Å². The SMILES string of the molecule is C=C1C(OC)=C[C@H](c2ccc(OC)cc2)[C@H]1N(CC(OC)OC)S(=O)(=O)c1ccc(C)cc1. The molecule has 33 heavy (non-hydrogen) atoms. The van der Waals surface area contributed by atoms with Gasteiger partial charge in [0.25, 0.3) is 0 Å². The van der Waals surface area contributed by atoms with Crippen LogP contribution in [0.1, 0.15) is 17.0 Å². The number of rotatable bonds is 10. The first-order valence-electron chi connectivity index (χ1n) is 10.5. The number of methoxy groups -OCH3 is 4. The Balaban J connectivity index is 2.12. The third-order valence-electron chi connectivity index (χ3n) is 5.86. The highest BCUT2D eigenvalue weighted by Crippen LogP contribution is 2.42. The molecule has 7 nitrogen and oxygen atoms in total. The second-order valence-electron chi connectivity index (χ2n) is 7.79. The fraction of sp³-hybridized carbons (Fsp3) is 0.360. The molecule has 0 heterocycles. The summed E-state index contributed by atoms with van der Waals surface area (Å²) in [4.78, 5) is 0.186. The first-order chi connectivity index (χ1) is 15.8. The van der Waals surface area contributed by atoms with Gasteiger partial charge in [0.15, 0.2) is 6.29 Å². The summed E-state index contributed by atoms with van der Waals surface area (Å²) in [6.07, 6.45) is 1.14. The topological polar surface area (TPSA) is 74.3 Å². The number of nitrogens with zero attached hydrogens (tertiary/aromatic N) is 1. The van der Waals surface area contributed by atoms with Gasteiger partial charge in [0.2, 0.25) is 10.0 Å². The molecule has 0 bridgehead atoms. The van der Waals surface area contributed by atoms with Crippen molar-refractivity contribution >= 4 is 10.0 Å². The molecule has 0 N–H and O–H groups in total. The molecule has 0 amide bonds. The molecule has 2 aromatic rings. The van der Waals surface area contributed by atoms with Crippen LogP contribution in [0.5, 0.6) is 5.75 Å². The van der Waals surface area contributed by atoms with E-state index in [2.05, 4.69) is 6.58 Å². The van der Waals surface area contributed by atoms with Gasteiger partial charge in [-0.25, -0.2) is 8.42 Å². The Kier molecular flexibility index (Phi) is 7.97. The van der Waals surface area contributed by atoms with E-state index in [1.165, 1.54) is 18.5 Å². The largest absolute Gasteiger partial charge is 0.497 e. The van der Waals surface area contributed by atoms with Crippen LogP contribution >= 0.6 is 0 Å². The van der Waals surface area contributed by atoms with Crippen molar-refractivity contribution in [2.24, 2.45) is 0 Å². The molecule has 0 aromatic heterocycles. The summed E-state index contributed by atoms with van der Waals surface area (Å²) in [5.41, 5.74) is 2.45. The highest BCUT2D eigenvalue weighted by atomic mass is 32.2. The zero-order valence-corrected chi connectivity index (χ0v) is 20.5. The summed E-state index contributed by atoms with van der Waals surface area (Å²) in [5, 5.41) is 0. The molecule has 2 atom stereocenters. The van der Waals surface area contributed by atoms with E-state index < -0.39 is 22.4 Å². The van der Waals surface area contributed by atoms with Crippen LogP contribution in [0, 0.1) is 6.92 Å². The monoisotopic (exact) mass is 473 g/mol. The fourth-order valence-corrected chi connectivity index (χ4v) is 5.61. The molecule has 8 heteroatoms.